The number of hydrogen-bond donors (Lipinski definition) is 1. The maximum atomic E-state index is 12.6. The van der Waals surface area contributed by atoms with E-state index >= 15 is 0 Å². The molecule has 1 fully saturated rings. The summed E-state index contributed by atoms with van der Waals surface area (Å²) in [5.74, 6) is -0.111. The van der Waals surface area contributed by atoms with Gasteiger partial charge in [-0.25, -0.2) is 8.42 Å². The van der Waals surface area contributed by atoms with Gasteiger partial charge in [-0.3, -0.25) is 4.79 Å². The Labute approximate surface area is 171 Å². The van der Waals surface area contributed by atoms with Gasteiger partial charge in [0.25, 0.3) is 0 Å². The van der Waals surface area contributed by atoms with Gasteiger partial charge in [0.1, 0.15) is 0 Å². The lowest BCUT2D eigenvalue weighted by molar-refractivity contribution is -0.115. The second-order valence-electron chi connectivity index (χ2n) is 7.15. The third kappa shape index (κ3) is 4.77. The molecular weight excluding hydrogens is 392 g/mol. The number of sulfonamides is 1. The lowest BCUT2D eigenvalue weighted by atomic mass is 10.2. The quantitative estimate of drug-likeness (QED) is 0.714. The van der Waals surface area contributed by atoms with Gasteiger partial charge in [-0.15, -0.1) is 11.8 Å². The molecule has 1 atom stereocenters. The summed E-state index contributed by atoms with van der Waals surface area (Å²) in [4.78, 5) is 13.9. The number of amides is 1. The molecule has 1 saturated heterocycles. The largest absolute Gasteiger partial charge is 0.325 e. The highest BCUT2D eigenvalue weighted by atomic mass is 32.2. The number of rotatable bonds is 6. The van der Waals surface area contributed by atoms with Crippen molar-refractivity contribution in [1.29, 1.82) is 0 Å². The smallest absolute Gasteiger partial charge is 0.243 e. The maximum absolute atomic E-state index is 12.6. The van der Waals surface area contributed by atoms with E-state index in [0.717, 1.165) is 23.3 Å². The van der Waals surface area contributed by atoms with Crippen LogP contribution in [-0.4, -0.2) is 37.0 Å². The van der Waals surface area contributed by atoms with Crippen LogP contribution in [-0.2, 0) is 14.8 Å². The van der Waals surface area contributed by atoms with Gasteiger partial charge in [0, 0.05) is 23.7 Å². The summed E-state index contributed by atoms with van der Waals surface area (Å²) >= 11 is 1.52. The topological polar surface area (TPSA) is 66.5 Å². The fourth-order valence-electron chi connectivity index (χ4n) is 3.21. The van der Waals surface area contributed by atoms with Crippen LogP contribution in [0, 0.1) is 13.8 Å². The van der Waals surface area contributed by atoms with E-state index in [1.807, 2.05) is 32.9 Å². The van der Waals surface area contributed by atoms with Crippen LogP contribution >= 0.6 is 11.8 Å². The predicted octanol–water partition coefficient (Wildman–Crippen LogP) is 4.21. The van der Waals surface area contributed by atoms with Crippen molar-refractivity contribution in [3.63, 3.8) is 0 Å². The predicted molar refractivity (Wildman–Crippen MR) is 114 cm³/mol. The minimum Gasteiger partial charge on any atom is -0.325 e. The van der Waals surface area contributed by atoms with E-state index in [4.69, 9.17) is 0 Å². The Balaban J connectivity index is 1.63. The molecule has 0 saturated carbocycles. The molecule has 1 amide bonds. The van der Waals surface area contributed by atoms with Crippen LogP contribution in [0.1, 0.15) is 30.9 Å². The summed E-state index contributed by atoms with van der Waals surface area (Å²) in [5.41, 5.74) is 2.95. The molecule has 1 heterocycles. The lowest BCUT2D eigenvalue weighted by Gasteiger charge is -2.16. The number of anilines is 1. The number of thioether (sulfide) groups is 1. The zero-order valence-corrected chi connectivity index (χ0v) is 18.1. The first-order chi connectivity index (χ1) is 13.3. The van der Waals surface area contributed by atoms with Crippen molar-refractivity contribution in [2.45, 2.75) is 48.7 Å². The number of hydrogen-bond acceptors (Lipinski definition) is 4. The van der Waals surface area contributed by atoms with E-state index < -0.39 is 10.0 Å². The number of carbonyl (C=O) groups is 1. The van der Waals surface area contributed by atoms with Crippen LogP contribution in [0.25, 0.3) is 0 Å². The standard InChI is InChI=1S/C21H26N2O3S2/c1-15-6-11-20(16(2)14-15)27-17(3)21(24)22-18-7-9-19(10-8-18)28(25,26)23-12-4-5-13-23/h6-11,14,17H,4-5,12-13H2,1-3H3,(H,22,24)/t17-/m0/s1. The monoisotopic (exact) mass is 418 g/mol. The van der Waals surface area contributed by atoms with Crippen molar-refractivity contribution in [2.24, 2.45) is 0 Å². The Morgan fingerprint density at radius 3 is 2.32 bits per heavy atom. The molecule has 28 heavy (non-hydrogen) atoms. The van der Waals surface area contributed by atoms with Crippen molar-refractivity contribution in [2.75, 3.05) is 18.4 Å². The number of aryl methyl sites for hydroxylation is 2. The summed E-state index contributed by atoms with van der Waals surface area (Å²) < 4.78 is 26.7. The molecule has 150 valence electrons. The minimum atomic E-state index is -3.43. The first-order valence-electron chi connectivity index (χ1n) is 9.42. The molecule has 0 radical (unpaired) electrons. The van der Waals surface area contributed by atoms with Gasteiger partial charge in [-0.05, 0) is 69.5 Å². The Kier molecular flexibility index (Phi) is 6.47. The molecule has 1 aliphatic heterocycles. The molecule has 0 aromatic heterocycles. The Hall–Kier alpha value is -1.83. The van der Waals surface area contributed by atoms with Gasteiger partial charge in [-0.2, -0.15) is 4.31 Å². The summed E-state index contributed by atoms with van der Waals surface area (Å²) in [6.45, 7) is 7.11. The normalized spacial score (nSPS) is 16.1. The average molecular weight is 419 g/mol. The van der Waals surface area contributed by atoms with E-state index in [-0.39, 0.29) is 16.1 Å². The van der Waals surface area contributed by atoms with E-state index in [1.54, 1.807) is 24.3 Å². The summed E-state index contributed by atoms with van der Waals surface area (Å²) in [5, 5.41) is 2.60. The SMILES string of the molecule is Cc1ccc(S[C@@H](C)C(=O)Nc2ccc(S(=O)(=O)N3CCCC3)cc2)c(C)c1. The van der Waals surface area contributed by atoms with Crippen molar-refractivity contribution in [3.05, 3.63) is 53.6 Å². The maximum Gasteiger partial charge on any atom is 0.243 e. The van der Waals surface area contributed by atoms with Crippen LogP contribution in [0.15, 0.2) is 52.3 Å². The molecule has 7 heteroatoms. The molecule has 5 nitrogen and oxygen atoms in total. The highest BCUT2D eigenvalue weighted by molar-refractivity contribution is 8.00. The van der Waals surface area contributed by atoms with Crippen LogP contribution < -0.4 is 5.32 Å². The van der Waals surface area contributed by atoms with E-state index in [1.165, 1.54) is 21.6 Å². The van der Waals surface area contributed by atoms with E-state index in [2.05, 4.69) is 11.4 Å². The van der Waals surface area contributed by atoms with Gasteiger partial charge < -0.3 is 5.32 Å². The highest BCUT2D eigenvalue weighted by Crippen LogP contribution is 2.28. The van der Waals surface area contributed by atoms with Gasteiger partial charge in [-0.1, -0.05) is 17.7 Å². The van der Waals surface area contributed by atoms with Crippen molar-refractivity contribution >= 4 is 33.4 Å². The molecule has 0 bridgehead atoms. The molecule has 3 rings (SSSR count). The highest BCUT2D eigenvalue weighted by Gasteiger charge is 2.27. The van der Waals surface area contributed by atoms with Gasteiger partial charge in [0.05, 0.1) is 10.1 Å². The zero-order chi connectivity index (χ0) is 20.3. The molecule has 2 aromatic carbocycles. The Morgan fingerprint density at radius 2 is 1.71 bits per heavy atom. The number of carbonyl (C=O) groups excluding carboxylic acids is 1. The Morgan fingerprint density at radius 1 is 1.07 bits per heavy atom. The molecule has 0 aliphatic carbocycles. The van der Waals surface area contributed by atoms with Crippen LogP contribution in [0.3, 0.4) is 0 Å². The zero-order valence-electron chi connectivity index (χ0n) is 16.4. The van der Waals surface area contributed by atoms with Crippen molar-refractivity contribution < 1.29 is 13.2 Å². The Bertz CT molecular complexity index is 950. The van der Waals surface area contributed by atoms with Crippen LogP contribution in [0.2, 0.25) is 0 Å². The minimum absolute atomic E-state index is 0.111. The summed E-state index contributed by atoms with van der Waals surface area (Å²) in [7, 11) is -3.43. The molecule has 0 unspecified atom stereocenters. The summed E-state index contributed by atoms with van der Waals surface area (Å²) in [6, 6.07) is 12.6. The third-order valence-corrected chi connectivity index (χ3v) is 8.02. The molecular formula is C21H26N2O3S2. The van der Waals surface area contributed by atoms with Crippen molar-refractivity contribution in [3.8, 4) is 0 Å². The molecule has 0 spiro atoms. The van der Waals surface area contributed by atoms with Gasteiger partial charge in [0.2, 0.25) is 15.9 Å². The first-order valence-corrected chi connectivity index (χ1v) is 11.7. The van der Waals surface area contributed by atoms with Crippen LogP contribution in [0.4, 0.5) is 5.69 Å². The van der Waals surface area contributed by atoms with E-state index in [9.17, 15) is 13.2 Å². The fourth-order valence-corrected chi connectivity index (χ4v) is 5.66. The van der Waals surface area contributed by atoms with Crippen LogP contribution in [0.5, 0.6) is 0 Å². The van der Waals surface area contributed by atoms with Gasteiger partial charge >= 0.3 is 0 Å². The number of nitrogens with zero attached hydrogens (tertiary/aromatic N) is 1. The lowest BCUT2D eigenvalue weighted by Crippen LogP contribution is -2.27. The fraction of sp³-hybridized carbons (Fsp3) is 0.381. The second kappa shape index (κ2) is 8.68. The summed E-state index contributed by atoms with van der Waals surface area (Å²) in [6.07, 6.45) is 1.81. The molecule has 1 aliphatic rings. The van der Waals surface area contributed by atoms with Crippen molar-refractivity contribution in [1.82, 2.24) is 4.31 Å². The van der Waals surface area contributed by atoms with Gasteiger partial charge in [0.15, 0.2) is 0 Å². The first kappa shape index (κ1) is 20.9. The third-order valence-electron chi connectivity index (χ3n) is 4.83. The second-order valence-corrected chi connectivity index (χ2v) is 10.5. The number of nitrogens with one attached hydrogen (secondary N) is 1. The average Bonchev–Trinajstić information content (AvgIpc) is 3.20. The molecule has 2 aromatic rings. The molecule has 1 N–H and O–H groups in total. The van der Waals surface area contributed by atoms with E-state index in [0.29, 0.717) is 18.8 Å². The number of benzene rings is 2.